The molecular weight excluding hydrogens is 222 g/mol. The lowest BCUT2D eigenvalue weighted by molar-refractivity contribution is -0.138. The fourth-order valence-corrected chi connectivity index (χ4v) is 2.20. The number of aliphatic carboxylic acids is 1. The molecule has 1 aliphatic heterocycles. The van der Waals surface area contributed by atoms with Crippen LogP contribution in [-0.4, -0.2) is 59.0 Å². The Balaban J connectivity index is 2.31. The predicted molar refractivity (Wildman–Crippen MR) is 63.9 cm³/mol. The van der Waals surface area contributed by atoms with Gasteiger partial charge < -0.3 is 14.9 Å². The summed E-state index contributed by atoms with van der Waals surface area (Å²) in [4.78, 5) is 12.7. The maximum Gasteiger partial charge on any atom is 0.304 e. The van der Waals surface area contributed by atoms with E-state index in [1.807, 2.05) is 13.8 Å². The molecule has 0 spiro atoms. The van der Waals surface area contributed by atoms with Gasteiger partial charge >= 0.3 is 5.97 Å². The highest BCUT2D eigenvalue weighted by Gasteiger charge is 2.27. The molecule has 1 fully saturated rings. The van der Waals surface area contributed by atoms with Crippen molar-refractivity contribution < 1.29 is 19.7 Å². The molecule has 2 atom stereocenters. The molecule has 0 bridgehead atoms. The van der Waals surface area contributed by atoms with E-state index in [-0.39, 0.29) is 18.6 Å². The Labute approximate surface area is 102 Å². The summed E-state index contributed by atoms with van der Waals surface area (Å²) < 4.78 is 5.34. The molecule has 0 saturated carbocycles. The summed E-state index contributed by atoms with van der Waals surface area (Å²) in [6.07, 6.45) is 1.65. The van der Waals surface area contributed by atoms with Crippen LogP contribution >= 0.6 is 0 Å². The van der Waals surface area contributed by atoms with Crippen molar-refractivity contribution in [3.8, 4) is 0 Å². The quantitative estimate of drug-likeness (QED) is 0.691. The number of aliphatic hydroxyl groups excluding tert-OH is 1. The number of likely N-dealkylation sites (tertiary alicyclic amines) is 1. The molecular formula is C12H23NO4. The zero-order chi connectivity index (χ0) is 12.8. The van der Waals surface area contributed by atoms with Gasteiger partial charge in [0.15, 0.2) is 0 Å². The van der Waals surface area contributed by atoms with Crippen molar-refractivity contribution in [1.29, 1.82) is 0 Å². The molecule has 0 aromatic rings. The van der Waals surface area contributed by atoms with Crippen LogP contribution in [0.4, 0.5) is 0 Å². The topological polar surface area (TPSA) is 70.0 Å². The smallest absolute Gasteiger partial charge is 0.304 e. The number of carbonyl (C=O) groups is 1. The number of carboxylic acids is 1. The highest BCUT2D eigenvalue weighted by molar-refractivity contribution is 5.67. The van der Waals surface area contributed by atoms with Gasteiger partial charge in [-0.25, -0.2) is 0 Å². The minimum atomic E-state index is -0.769. The Bertz CT molecular complexity index is 245. The van der Waals surface area contributed by atoms with Crippen molar-refractivity contribution in [2.24, 2.45) is 0 Å². The average Bonchev–Trinajstić information content (AvgIpc) is 2.62. The summed E-state index contributed by atoms with van der Waals surface area (Å²) in [6, 6.07) is 0.0706. The van der Waals surface area contributed by atoms with Crippen LogP contribution in [0.2, 0.25) is 0 Å². The lowest BCUT2D eigenvalue weighted by atomic mass is 10.1. The monoisotopic (exact) mass is 245 g/mol. The Hall–Kier alpha value is -0.650. The molecule has 5 nitrogen and oxygen atoms in total. The van der Waals surface area contributed by atoms with E-state index in [0.717, 1.165) is 19.4 Å². The Morgan fingerprint density at radius 1 is 1.53 bits per heavy atom. The lowest BCUT2D eigenvalue weighted by Crippen LogP contribution is -2.39. The van der Waals surface area contributed by atoms with Crippen LogP contribution in [0, 0.1) is 0 Å². The number of ether oxygens (including phenoxy) is 1. The molecule has 100 valence electrons. The van der Waals surface area contributed by atoms with Gasteiger partial charge in [0, 0.05) is 12.6 Å². The summed E-state index contributed by atoms with van der Waals surface area (Å²) in [5.74, 6) is -0.769. The van der Waals surface area contributed by atoms with E-state index in [0.29, 0.717) is 13.2 Å². The molecule has 1 heterocycles. The summed E-state index contributed by atoms with van der Waals surface area (Å²) in [5.41, 5.74) is 0. The molecule has 2 N–H and O–H groups in total. The van der Waals surface area contributed by atoms with E-state index < -0.39 is 12.1 Å². The summed E-state index contributed by atoms with van der Waals surface area (Å²) in [5, 5.41) is 18.6. The third-order valence-electron chi connectivity index (χ3n) is 2.98. The van der Waals surface area contributed by atoms with Crippen molar-refractivity contribution in [3.63, 3.8) is 0 Å². The number of hydrogen-bond donors (Lipinski definition) is 2. The molecule has 1 saturated heterocycles. The van der Waals surface area contributed by atoms with E-state index in [9.17, 15) is 9.90 Å². The minimum absolute atomic E-state index is 0.0706. The number of nitrogens with zero attached hydrogens (tertiary/aromatic N) is 1. The molecule has 17 heavy (non-hydrogen) atoms. The first-order valence-corrected chi connectivity index (χ1v) is 6.24. The summed E-state index contributed by atoms with van der Waals surface area (Å²) in [7, 11) is 0. The van der Waals surface area contributed by atoms with Gasteiger partial charge in [-0.15, -0.1) is 0 Å². The molecule has 5 heteroatoms. The molecule has 2 unspecified atom stereocenters. The minimum Gasteiger partial charge on any atom is -0.481 e. The first-order valence-electron chi connectivity index (χ1n) is 6.24. The fourth-order valence-electron chi connectivity index (χ4n) is 2.20. The second-order valence-corrected chi connectivity index (χ2v) is 4.92. The molecule has 0 amide bonds. The van der Waals surface area contributed by atoms with Gasteiger partial charge in [-0.05, 0) is 33.2 Å². The van der Waals surface area contributed by atoms with Gasteiger partial charge in [-0.3, -0.25) is 9.69 Å². The van der Waals surface area contributed by atoms with Gasteiger partial charge in [-0.2, -0.15) is 0 Å². The van der Waals surface area contributed by atoms with Crippen LogP contribution in [0.1, 0.15) is 33.1 Å². The van der Waals surface area contributed by atoms with Crippen molar-refractivity contribution in [3.05, 3.63) is 0 Å². The van der Waals surface area contributed by atoms with E-state index >= 15 is 0 Å². The maximum absolute atomic E-state index is 10.7. The van der Waals surface area contributed by atoms with Crippen LogP contribution in [-0.2, 0) is 9.53 Å². The SMILES string of the molecule is CC(C)OCC(O)CN1CCCC1CC(=O)O. The maximum atomic E-state index is 10.7. The van der Waals surface area contributed by atoms with Crippen molar-refractivity contribution in [1.82, 2.24) is 4.90 Å². The van der Waals surface area contributed by atoms with Crippen LogP contribution < -0.4 is 0 Å². The molecule has 1 rings (SSSR count). The normalized spacial score (nSPS) is 23.2. The largest absolute Gasteiger partial charge is 0.481 e. The lowest BCUT2D eigenvalue weighted by Gasteiger charge is -2.26. The number of β-amino-alcohol motifs (C(OH)–C–C–N with tert-alkyl or cyclic N) is 1. The number of aliphatic hydroxyl groups is 1. The summed E-state index contributed by atoms with van der Waals surface area (Å²) >= 11 is 0. The van der Waals surface area contributed by atoms with Crippen LogP contribution in [0.5, 0.6) is 0 Å². The highest BCUT2D eigenvalue weighted by Crippen LogP contribution is 2.20. The Morgan fingerprint density at radius 2 is 2.24 bits per heavy atom. The van der Waals surface area contributed by atoms with Crippen molar-refractivity contribution in [2.45, 2.75) is 51.4 Å². The number of carboxylic acid groups (broad SMARTS) is 1. The second kappa shape index (κ2) is 6.93. The van der Waals surface area contributed by atoms with Crippen molar-refractivity contribution >= 4 is 5.97 Å². The van der Waals surface area contributed by atoms with Crippen LogP contribution in [0.15, 0.2) is 0 Å². The standard InChI is InChI=1S/C12H23NO4/c1-9(2)17-8-11(14)7-13-5-3-4-10(13)6-12(15)16/h9-11,14H,3-8H2,1-2H3,(H,15,16). The fraction of sp³-hybridized carbons (Fsp3) is 0.917. The van der Waals surface area contributed by atoms with Gasteiger partial charge in [0.05, 0.1) is 25.2 Å². The zero-order valence-electron chi connectivity index (χ0n) is 10.6. The third-order valence-corrected chi connectivity index (χ3v) is 2.98. The van der Waals surface area contributed by atoms with Gasteiger partial charge in [0.25, 0.3) is 0 Å². The predicted octanol–water partition coefficient (Wildman–Crippen LogP) is 0.711. The molecule has 0 aliphatic carbocycles. The zero-order valence-corrected chi connectivity index (χ0v) is 10.6. The van der Waals surface area contributed by atoms with Crippen molar-refractivity contribution in [2.75, 3.05) is 19.7 Å². The van der Waals surface area contributed by atoms with Gasteiger partial charge in [-0.1, -0.05) is 0 Å². The molecule has 0 aromatic heterocycles. The average molecular weight is 245 g/mol. The molecule has 0 radical (unpaired) electrons. The van der Waals surface area contributed by atoms with Crippen LogP contribution in [0.25, 0.3) is 0 Å². The third kappa shape index (κ3) is 5.48. The Kier molecular flexibility index (Phi) is 5.88. The molecule has 0 aromatic carbocycles. The molecule has 1 aliphatic rings. The van der Waals surface area contributed by atoms with E-state index in [1.165, 1.54) is 0 Å². The van der Waals surface area contributed by atoms with E-state index in [2.05, 4.69) is 4.90 Å². The van der Waals surface area contributed by atoms with Gasteiger partial charge in [0.2, 0.25) is 0 Å². The number of hydrogen-bond acceptors (Lipinski definition) is 4. The van der Waals surface area contributed by atoms with Crippen LogP contribution in [0.3, 0.4) is 0 Å². The van der Waals surface area contributed by atoms with E-state index in [1.54, 1.807) is 0 Å². The first kappa shape index (κ1) is 14.4. The Morgan fingerprint density at radius 3 is 2.82 bits per heavy atom. The van der Waals surface area contributed by atoms with Gasteiger partial charge in [0.1, 0.15) is 0 Å². The second-order valence-electron chi connectivity index (χ2n) is 4.92. The highest BCUT2D eigenvalue weighted by atomic mass is 16.5. The first-order chi connectivity index (χ1) is 7.99. The summed E-state index contributed by atoms with van der Waals surface area (Å²) in [6.45, 7) is 5.54. The number of rotatable bonds is 7. The van der Waals surface area contributed by atoms with E-state index in [4.69, 9.17) is 9.84 Å².